The van der Waals surface area contributed by atoms with E-state index in [0.29, 0.717) is 30.5 Å². The molecule has 1 fully saturated rings. The molecule has 2 aliphatic rings. The lowest BCUT2D eigenvalue weighted by atomic mass is 9.82. The molecule has 7 nitrogen and oxygen atoms in total. The van der Waals surface area contributed by atoms with Gasteiger partial charge >= 0.3 is 6.09 Å². The smallest absolute Gasteiger partial charge is 0.409 e. The number of sulfone groups is 1. The van der Waals surface area contributed by atoms with Crippen LogP contribution in [-0.4, -0.2) is 49.6 Å². The maximum absolute atomic E-state index is 12.7. The van der Waals surface area contributed by atoms with E-state index in [1.54, 1.807) is 24.4 Å². The highest BCUT2D eigenvalue weighted by Crippen LogP contribution is 2.41. The van der Waals surface area contributed by atoms with Crippen molar-refractivity contribution in [1.82, 2.24) is 9.88 Å². The number of likely N-dealkylation sites (tertiary alicyclic amines) is 1. The number of hydrogen-bond donors (Lipinski definition) is 0. The van der Waals surface area contributed by atoms with E-state index < -0.39 is 41.3 Å². The lowest BCUT2D eigenvalue weighted by Crippen LogP contribution is -2.51. The molecule has 0 bridgehead atoms. The molecular formula is C30H34N2O5S. The Balaban J connectivity index is 1.18. The van der Waals surface area contributed by atoms with Crippen LogP contribution in [0.25, 0.3) is 11.1 Å². The van der Waals surface area contributed by atoms with Crippen molar-refractivity contribution in [2.75, 3.05) is 19.6 Å². The number of rotatable bonds is 7. The Morgan fingerprint density at radius 3 is 2.61 bits per heavy atom. The van der Waals surface area contributed by atoms with Crippen molar-refractivity contribution in [2.45, 2.75) is 56.0 Å². The average Bonchev–Trinajstić information content (AvgIpc) is 2.97. The molecule has 3 aromatic rings. The summed E-state index contributed by atoms with van der Waals surface area (Å²) in [5.41, 5.74) is 3.62. The van der Waals surface area contributed by atoms with Crippen LogP contribution in [0.4, 0.5) is 4.79 Å². The standard InChI is InChI=1S/C30H34N2O5S/c1-2-19-36-29(33)32-17-14-30(15-18-32)13-12-26-20-25(10-11-28(26)37-30)24-8-6-23(7-9-24)21-38(34,35)22-27-5-3-4-16-31-27/h3-11,16,20H,2,12-15,17-19,21-22H2,1H3/i1D3,2D2,19D2. The van der Waals surface area contributed by atoms with Gasteiger partial charge in [0.25, 0.3) is 0 Å². The van der Waals surface area contributed by atoms with E-state index in [4.69, 9.17) is 19.1 Å². The highest BCUT2D eigenvalue weighted by Gasteiger charge is 2.40. The SMILES string of the molecule is [2H]C([2H])([2H])C([2H])([2H])C([2H])([2H])OC(=O)N1CCC2(CCc3cc(-c4ccc(CS(=O)(=O)Cc5ccccn5)cc4)ccc3O2)CC1. The molecule has 2 aliphatic heterocycles. The van der Waals surface area contributed by atoms with Crippen molar-refractivity contribution in [2.24, 2.45) is 0 Å². The first-order valence-electron chi connectivity index (χ1n) is 16.0. The molecule has 8 heteroatoms. The van der Waals surface area contributed by atoms with E-state index in [-0.39, 0.29) is 24.6 Å². The first-order chi connectivity index (χ1) is 21.0. The van der Waals surface area contributed by atoms with Gasteiger partial charge in [-0.2, -0.15) is 0 Å². The summed E-state index contributed by atoms with van der Waals surface area (Å²) in [6.07, 6.45) is -0.592. The summed E-state index contributed by atoms with van der Waals surface area (Å²) in [6, 6.07) is 18.5. The number of piperidine rings is 1. The molecule has 0 atom stereocenters. The first kappa shape index (κ1) is 18.8. The number of carbonyl (C=O) groups is 1. The highest BCUT2D eigenvalue weighted by atomic mass is 32.2. The Kier molecular flexibility index (Phi) is 5.52. The van der Waals surface area contributed by atoms with Crippen LogP contribution in [0.15, 0.2) is 66.9 Å². The van der Waals surface area contributed by atoms with Gasteiger partial charge in [0, 0.05) is 39.0 Å². The number of carbonyl (C=O) groups excluding carboxylic acids is 1. The molecule has 5 rings (SSSR count). The van der Waals surface area contributed by atoms with E-state index in [0.717, 1.165) is 28.9 Å². The summed E-state index contributed by atoms with van der Waals surface area (Å²) < 4.78 is 89.2. The minimum absolute atomic E-state index is 0.0797. The zero-order chi connectivity index (χ0) is 32.7. The molecular weight excluding hydrogens is 500 g/mol. The van der Waals surface area contributed by atoms with Gasteiger partial charge in [0.2, 0.25) is 0 Å². The fourth-order valence-electron chi connectivity index (χ4n) is 5.09. The average molecular weight is 542 g/mol. The van der Waals surface area contributed by atoms with Crippen LogP contribution < -0.4 is 4.74 Å². The molecule has 0 aliphatic carbocycles. The summed E-state index contributed by atoms with van der Waals surface area (Å²) >= 11 is 0. The van der Waals surface area contributed by atoms with E-state index in [1.165, 1.54) is 4.90 Å². The van der Waals surface area contributed by atoms with Crippen molar-refractivity contribution in [1.29, 1.82) is 0 Å². The molecule has 1 spiro atoms. The number of ether oxygens (including phenoxy) is 2. The number of benzene rings is 2. The summed E-state index contributed by atoms with van der Waals surface area (Å²) in [4.78, 5) is 18.0. The van der Waals surface area contributed by atoms with Crippen molar-refractivity contribution in [3.05, 3.63) is 83.7 Å². The molecule has 1 amide bonds. The third-order valence-corrected chi connectivity index (χ3v) is 8.64. The van der Waals surface area contributed by atoms with E-state index >= 15 is 0 Å². The van der Waals surface area contributed by atoms with Gasteiger partial charge < -0.3 is 14.4 Å². The van der Waals surface area contributed by atoms with Gasteiger partial charge in [0.1, 0.15) is 11.4 Å². The van der Waals surface area contributed by atoms with Gasteiger partial charge in [-0.05, 0) is 65.7 Å². The molecule has 0 N–H and O–H groups in total. The van der Waals surface area contributed by atoms with Gasteiger partial charge in [-0.15, -0.1) is 0 Å². The summed E-state index contributed by atoms with van der Waals surface area (Å²) in [6.45, 7) is -6.30. The molecule has 1 aromatic heterocycles. The topological polar surface area (TPSA) is 85.8 Å². The third-order valence-electron chi connectivity index (χ3n) is 7.13. The van der Waals surface area contributed by atoms with Gasteiger partial charge in [0.05, 0.1) is 26.5 Å². The maximum Gasteiger partial charge on any atom is 0.409 e. The minimum Gasteiger partial charge on any atom is -0.487 e. The largest absolute Gasteiger partial charge is 0.487 e. The van der Waals surface area contributed by atoms with Crippen molar-refractivity contribution >= 4 is 15.9 Å². The predicted molar refractivity (Wildman–Crippen MR) is 147 cm³/mol. The zero-order valence-electron chi connectivity index (χ0n) is 27.9. The van der Waals surface area contributed by atoms with Crippen molar-refractivity contribution < 1.29 is 32.3 Å². The Bertz CT molecular complexity index is 1640. The molecule has 0 unspecified atom stereocenters. The minimum atomic E-state index is -3.38. The zero-order valence-corrected chi connectivity index (χ0v) is 21.7. The number of amides is 1. The number of aromatic nitrogens is 1. The fourth-order valence-corrected chi connectivity index (χ4v) is 6.51. The number of pyridine rings is 1. The monoisotopic (exact) mass is 541 g/mol. The van der Waals surface area contributed by atoms with Crippen LogP contribution in [0.2, 0.25) is 0 Å². The lowest BCUT2D eigenvalue weighted by Gasteiger charge is -2.44. The molecule has 3 heterocycles. The summed E-state index contributed by atoms with van der Waals surface area (Å²) in [7, 11) is -3.38. The number of aryl methyl sites for hydroxylation is 1. The third kappa shape index (κ3) is 6.18. The van der Waals surface area contributed by atoms with Gasteiger partial charge in [0.15, 0.2) is 9.84 Å². The molecule has 2 aromatic carbocycles. The Morgan fingerprint density at radius 1 is 1.08 bits per heavy atom. The number of nitrogens with zero attached hydrogens (tertiary/aromatic N) is 2. The molecule has 38 heavy (non-hydrogen) atoms. The van der Waals surface area contributed by atoms with Crippen molar-refractivity contribution in [3.8, 4) is 16.9 Å². The maximum atomic E-state index is 12.7. The van der Waals surface area contributed by atoms with Gasteiger partial charge in [-0.1, -0.05) is 43.3 Å². The van der Waals surface area contributed by atoms with E-state index in [2.05, 4.69) is 11.1 Å². The van der Waals surface area contributed by atoms with E-state index in [1.807, 2.05) is 36.4 Å². The lowest BCUT2D eigenvalue weighted by molar-refractivity contribution is -0.0142. The van der Waals surface area contributed by atoms with Crippen LogP contribution in [-0.2, 0) is 32.5 Å². The fraction of sp³-hybridized carbons (Fsp3) is 0.400. The molecule has 200 valence electrons. The second-order valence-electron chi connectivity index (χ2n) is 9.74. The highest BCUT2D eigenvalue weighted by molar-refractivity contribution is 7.89. The molecule has 1 saturated heterocycles. The van der Waals surface area contributed by atoms with Crippen molar-refractivity contribution in [3.63, 3.8) is 0 Å². The van der Waals surface area contributed by atoms with Crippen LogP contribution in [0.5, 0.6) is 5.75 Å². The number of fused-ring (bicyclic) bond motifs is 1. The molecule has 0 radical (unpaired) electrons. The Labute approximate surface area is 234 Å². The first-order valence-corrected chi connectivity index (χ1v) is 14.3. The van der Waals surface area contributed by atoms with Gasteiger partial charge in [-0.25, -0.2) is 13.2 Å². The van der Waals surface area contributed by atoms with Crippen LogP contribution in [0.1, 0.15) is 58.9 Å². The predicted octanol–water partition coefficient (Wildman–Crippen LogP) is 5.57. The summed E-state index contributed by atoms with van der Waals surface area (Å²) in [5.74, 6) is 0.538. The normalized spacial score (nSPS) is 20.3. The van der Waals surface area contributed by atoms with Crippen LogP contribution >= 0.6 is 0 Å². The Morgan fingerprint density at radius 2 is 1.87 bits per heavy atom. The summed E-state index contributed by atoms with van der Waals surface area (Å²) in [5, 5.41) is 0. The van der Waals surface area contributed by atoms with Crippen LogP contribution in [0.3, 0.4) is 0 Å². The van der Waals surface area contributed by atoms with E-state index in [9.17, 15) is 13.2 Å². The number of hydrogen-bond acceptors (Lipinski definition) is 6. The molecule has 0 saturated carbocycles. The van der Waals surface area contributed by atoms with Gasteiger partial charge in [-0.3, -0.25) is 4.98 Å². The second kappa shape index (κ2) is 11.2. The second-order valence-corrected chi connectivity index (χ2v) is 11.8. The van der Waals surface area contributed by atoms with Crippen LogP contribution in [0, 0.1) is 0 Å². The Hall–Kier alpha value is -3.39. The quantitative estimate of drug-likeness (QED) is 0.389.